The van der Waals surface area contributed by atoms with E-state index in [1.807, 2.05) is 13.8 Å². The number of nitrogens with zero attached hydrogens (tertiary/aromatic N) is 2. The molecule has 7 heteroatoms. The van der Waals surface area contributed by atoms with Crippen LogP contribution in [0.3, 0.4) is 0 Å². The number of aliphatic hydroxyl groups is 1. The average Bonchev–Trinajstić information content (AvgIpc) is 3.12. The summed E-state index contributed by atoms with van der Waals surface area (Å²) in [5.74, 6) is -0.712. The van der Waals surface area contributed by atoms with Crippen molar-refractivity contribution in [1.29, 1.82) is 0 Å². The topological polar surface area (TPSA) is 84.6 Å². The van der Waals surface area contributed by atoms with E-state index in [0.717, 1.165) is 0 Å². The number of carbonyl (C=O) groups is 1. The second-order valence-corrected chi connectivity index (χ2v) is 7.00. The molecule has 1 heterocycles. The van der Waals surface area contributed by atoms with Gasteiger partial charge in [0.2, 0.25) is 0 Å². The zero-order chi connectivity index (χ0) is 21.7. The summed E-state index contributed by atoms with van der Waals surface area (Å²) in [6, 6.07) is 13.2. The van der Waals surface area contributed by atoms with Crippen LogP contribution in [0.25, 0.3) is 22.5 Å². The number of hydrogen-bond acceptors (Lipinski definition) is 4. The lowest BCUT2D eigenvalue weighted by Crippen LogP contribution is -2.16. The summed E-state index contributed by atoms with van der Waals surface area (Å²) in [7, 11) is 0. The lowest BCUT2D eigenvalue weighted by Gasteiger charge is -2.12. The third-order valence-electron chi connectivity index (χ3n) is 4.73. The summed E-state index contributed by atoms with van der Waals surface area (Å²) in [5.41, 5.74) is 3.13. The van der Waals surface area contributed by atoms with Crippen LogP contribution in [0.5, 0.6) is 5.75 Å². The Labute approximate surface area is 174 Å². The Kier molecular flexibility index (Phi) is 6.84. The van der Waals surface area contributed by atoms with Gasteiger partial charge in [0, 0.05) is 11.1 Å². The number of carboxylic acid groups (broad SMARTS) is 1. The molecular weight excluding hydrogens is 387 g/mol. The molecule has 0 aliphatic heterocycles. The van der Waals surface area contributed by atoms with Gasteiger partial charge in [0.1, 0.15) is 11.6 Å². The largest absolute Gasteiger partial charge is 0.493 e. The standard InChI is InChI=1S/C23H25FN2O4/c1-3-18(27)14-26-21(16-6-5-7-17(24)12-16)13-20(25-26)19-10-15(11-23(28)29)8-9-22(19)30-4-2/h5-10,12-13,18,27H,3-4,11,14H2,1-2H3,(H,28,29)/t18-/m0/s1. The zero-order valence-corrected chi connectivity index (χ0v) is 17.0. The van der Waals surface area contributed by atoms with Gasteiger partial charge in [-0.25, -0.2) is 4.39 Å². The lowest BCUT2D eigenvalue weighted by atomic mass is 10.0. The maximum atomic E-state index is 13.8. The van der Waals surface area contributed by atoms with E-state index >= 15 is 0 Å². The summed E-state index contributed by atoms with van der Waals surface area (Å²) in [6.07, 6.45) is -0.170. The molecule has 0 bridgehead atoms. The minimum atomic E-state index is -0.929. The highest BCUT2D eigenvalue weighted by molar-refractivity contribution is 5.76. The fourth-order valence-electron chi connectivity index (χ4n) is 3.24. The molecule has 0 saturated heterocycles. The van der Waals surface area contributed by atoms with Gasteiger partial charge in [0.15, 0.2) is 0 Å². The molecule has 3 aromatic rings. The Morgan fingerprint density at radius 3 is 2.67 bits per heavy atom. The molecule has 2 aromatic carbocycles. The molecule has 0 saturated carbocycles. The van der Waals surface area contributed by atoms with Crippen molar-refractivity contribution in [3.8, 4) is 28.3 Å². The van der Waals surface area contributed by atoms with E-state index in [1.54, 1.807) is 41.1 Å². The number of aromatic nitrogens is 2. The molecule has 0 unspecified atom stereocenters. The van der Waals surface area contributed by atoms with E-state index in [1.165, 1.54) is 12.1 Å². The van der Waals surface area contributed by atoms with E-state index in [-0.39, 0.29) is 18.8 Å². The Hall–Kier alpha value is -3.19. The Morgan fingerprint density at radius 1 is 1.20 bits per heavy atom. The molecule has 0 spiro atoms. The fourth-order valence-corrected chi connectivity index (χ4v) is 3.24. The van der Waals surface area contributed by atoms with Crippen molar-refractivity contribution in [3.63, 3.8) is 0 Å². The molecule has 2 N–H and O–H groups in total. The first-order valence-electron chi connectivity index (χ1n) is 9.91. The minimum absolute atomic E-state index is 0.120. The van der Waals surface area contributed by atoms with Crippen LogP contribution in [-0.4, -0.2) is 38.7 Å². The highest BCUT2D eigenvalue weighted by Gasteiger charge is 2.18. The van der Waals surface area contributed by atoms with Crippen molar-refractivity contribution in [3.05, 3.63) is 59.9 Å². The van der Waals surface area contributed by atoms with Gasteiger partial charge in [-0.2, -0.15) is 5.10 Å². The molecule has 0 fully saturated rings. The van der Waals surface area contributed by atoms with Gasteiger partial charge < -0.3 is 14.9 Å². The van der Waals surface area contributed by atoms with Crippen molar-refractivity contribution >= 4 is 5.97 Å². The van der Waals surface area contributed by atoms with Crippen LogP contribution in [0, 0.1) is 5.82 Å². The van der Waals surface area contributed by atoms with E-state index in [9.17, 15) is 14.3 Å². The molecular formula is C23H25FN2O4. The number of carboxylic acids is 1. The minimum Gasteiger partial charge on any atom is -0.493 e. The Balaban J connectivity index is 2.13. The second-order valence-electron chi connectivity index (χ2n) is 7.00. The highest BCUT2D eigenvalue weighted by Crippen LogP contribution is 2.34. The van der Waals surface area contributed by atoms with Crippen LogP contribution in [0.1, 0.15) is 25.8 Å². The van der Waals surface area contributed by atoms with E-state index in [0.29, 0.717) is 46.9 Å². The quantitative estimate of drug-likeness (QED) is 0.551. The van der Waals surface area contributed by atoms with Crippen molar-refractivity contribution in [2.75, 3.05) is 6.61 Å². The molecule has 6 nitrogen and oxygen atoms in total. The maximum Gasteiger partial charge on any atom is 0.307 e. The molecule has 158 valence electrons. The maximum absolute atomic E-state index is 13.8. The number of benzene rings is 2. The van der Waals surface area contributed by atoms with E-state index in [4.69, 9.17) is 9.84 Å². The first-order valence-corrected chi connectivity index (χ1v) is 9.91. The number of aliphatic hydroxyl groups excluding tert-OH is 1. The molecule has 1 aromatic heterocycles. The monoisotopic (exact) mass is 412 g/mol. The van der Waals surface area contributed by atoms with Crippen molar-refractivity contribution in [2.45, 2.75) is 39.3 Å². The number of rotatable bonds is 9. The van der Waals surface area contributed by atoms with Gasteiger partial charge in [0.25, 0.3) is 0 Å². The van der Waals surface area contributed by atoms with Gasteiger partial charge in [0.05, 0.1) is 37.1 Å². The SMILES string of the molecule is CCOc1ccc(CC(=O)O)cc1-c1cc(-c2cccc(F)c2)n(C[C@@H](O)CC)n1. The summed E-state index contributed by atoms with van der Waals surface area (Å²) >= 11 is 0. The van der Waals surface area contributed by atoms with E-state index < -0.39 is 12.1 Å². The number of ether oxygens (including phenoxy) is 1. The van der Waals surface area contributed by atoms with Crippen molar-refractivity contribution < 1.29 is 24.1 Å². The highest BCUT2D eigenvalue weighted by atomic mass is 19.1. The van der Waals surface area contributed by atoms with E-state index in [2.05, 4.69) is 5.10 Å². The Morgan fingerprint density at radius 2 is 2.00 bits per heavy atom. The van der Waals surface area contributed by atoms with Gasteiger partial charge in [-0.05, 0) is 49.2 Å². The fraction of sp³-hybridized carbons (Fsp3) is 0.304. The number of hydrogen-bond donors (Lipinski definition) is 2. The molecule has 3 rings (SSSR count). The molecule has 0 aliphatic carbocycles. The molecule has 0 radical (unpaired) electrons. The summed E-state index contributed by atoms with van der Waals surface area (Å²) in [5, 5.41) is 24.0. The molecule has 1 atom stereocenters. The first-order chi connectivity index (χ1) is 14.4. The smallest absolute Gasteiger partial charge is 0.307 e. The predicted octanol–water partition coefficient (Wildman–Crippen LogP) is 4.15. The first kappa shape index (κ1) is 21.5. The lowest BCUT2D eigenvalue weighted by molar-refractivity contribution is -0.136. The van der Waals surface area contributed by atoms with Gasteiger partial charge in [-0.15, -0.1) is 0 Å². The summed E-state index contributed by atoms with van der Waals surface area (Å²) in [6.45, 7) is 4.43. The molecule has 30 heavy (non-hydrogen) atoms. The molecule has 0 aliphatic rings. The van der Waals surface area contributed by atoms with Gasteiger partial charge in [-0.3, -0.25) is 9.48 Å². The van der Waals surface area contributed by atoms with Gasteiger partial charge >= 0.3 is 5.97 Å². The van der Waals surface area contributed by atoms with Gasteiger partial charge in [-0.1, -0.05) is 25.1 Å². The van der Waals surface area contributed by atoms with Crippen molar-refractivity contribution in [1.82, 2.24) is 9.78 Å². The van der Waals surface area contributed by atoms with Crippen LogP contribution in [0.2, 0.25) is 0 Å². The van der Waals surface area contributed by atoms with Crippen molar-refractivity contribution in [2.24, 2.45) is 0 Å². The third kappa shape index (κ3) is 5.04. The van der Waals surface area contributed by atoms with Crippen LogP contribution in [0.4, 0.5) is 4.39 Å². The average molecular weight is 412 g/mol. The van der Waals surface area contributed by atoms with Crippen LogP contribution in [0.15, 0.2) is 48.5 Å². The van der Waals surface area contributed by atoms with Crippen LogP contribution >= 0.6 is 0 Å². The summed E-state index contributed by atoms with van der Waals surface area (Å²) < 4.78 is 21.2. The zero-order valence-electron chi connectivity index (χ0n) is 17.0. The third-order valence-corrected chi connectivity index (χ3v) is 4.73. The summed E-state index contributed by atoms with van der Waals surface area (Å²) in [4.78, 5) is 11.1. The second kappa shape index (κ2) is 9.54. The predicted molar refractivity (Wildman–Crippen MR) is 112 cm³/mol. The van der Waals surface area contributed by atoms with Crippen LogP contribution in [-0.2, 0) is 17.8 Å². The number of aliphatic carboxylic acids is 1. The number of halogens is 1. The van der Waals surface area contributed by atoms with Crippen LogP contribution < -0.4 is 4.74 Å². The normalized spacial score (nSPS) is 12.0. The molecule has 0 amide bonds. The Bertz CT molecular complexity index is 1030.